The molecule has 0 unspecified atom stereocenters. The summed E-state index contributed by atoms with van der Waals surface area (Å²) in [6.45, 7) is 20.5. The molecule has 0 spiro atoms. The van der Waals surface area contributed by atoms with Crippen molar-refractivity contribution >= 4 is 5.78 Å². The minimum atomic E-state index is -0.225. The smallest absolute Gasteiger partial charge is 0.138 e. The van der Waals surface area contributed by atoms with E-state index in [4.69, 9.17) is 0 Å². The number of hydrogen-bond donors (Lipinski definition) is 1. The number of aliphatic hydroxyl groups is 1. The summed E-state index contributed by atoms with van der Waals surface area (Å²) in [7, 11) is 0. The number of rotatable bonds is 4. The molecule has 2 heteroatoms. The third-order valence-electron chi connectivity index (χ3n) is 11.7. The molecule has 0 aromatic heterocycles. The van der Waals surface area contributed by atoms with Gasteiger partial charge in [0.05, 0.1) is 6.10 Å². The summed E-state index contributed by atoms with van der Waals surface area (Å²) in [5, 5.41) is 11.4. The van der Waals surface area contributed by atoms with Crippen molar-refractivity contribution in [3.8, 4) is 0 Å². The van der Waals surface area contributed by atoms with E-state index >= 15 is 0 Å². The molecule has 4 rings (SSSR count). The zero-order valence-corrected chi connectivity index (χ0v) is 21.9. The second-order valence-corrected chi connectivity index (χ2v) is 13.6. The van der Waals surface area contributed by atoms with Crippen LogP contribution in [-0.4, -0.2) is 17.0 Å². The van der Waals surface area contributed by atoms with Gasteiger partial charge in [0.1, 0.15) is 5.78 Å². The van der Waals surface area contributed by atoms with Crippen LogP contribution in [0.3, 0.4) is 0 Å². The fourth-order valence-corrected chi connectivity index (χ4v) is 9.87. The Kier molecular flexibility index (Phi) is 5.93. The molecule has 4 saturated carbocycles. The molecule has 4 fully saturated rings. The number of aliphatic hydroxyl groups excluding tert-OH is 1. The van der Waals surface area contributed by atoms with Crippen LogP contribution in [0.5, 0.6) is 0 Å². The van der Waals surface area contributed by atoms with Gasteiger partial charge in [-0.15, -0.1) is 6.58 Å². The van der Waals surface area contributed by atoms with E-state index in [1.807, 2.05) is 0 Å². The largest absolute Gasteiger partial charge is 0.392 e. The third kappa shape index (κ3) is 3.25. The van der Waals surface area contributed by atoms with E-state index in [2.05, 4.69) is 61.1 Å². The van der Waals surface area contributed by atoms with Crippen LogP contribution in [0.1, 0.15) is 106 Å². The van der Waals surface area contributed by atoms with E-state index in [9.17, 15) is 9.90 Å². The van der Waals surface area contributed by atoms with Gasteiger partial charge in [-0.05, 0) is 99.2 Å². The molecule has 4 aliphatic carbocycles. The second-order valence-electron chi connectivity index (χ2n) is 13.6. The molecular weight excluding hydrogens is 392 g/mol. The number of carbonyl (C=O) groups is 1. The number of carbonyl (C=O) groups excluding carboxylic acids is 1. The summed E-state index contributed by atoms with van der Waals surface area (Å²) >= 11 is 0. The molecular formula is C30H48O2. The summed E-state index contributed by atoms with van der Waals surface area (Å²) in [6, 6.07) is 0. The molecule has 0 bridgehead atoms. The summed E-state index contributed by atoms with van der Waals surface area (Å²) in [6.07, 6.45) is 11.8. The van der Waals surface area contributed by atoms with Gasteiger partial charge >= 0.3 is 0 Å². The summed E-state index contributed by atoms with van der Waals surface area (Å²) in [5.41, 5.74) is 3.10. The lowest BCUT2D eigenvalue weighted by molar-refractivity contribution is -0.201. The quantitative estimate of drug-likeness (QED) is 0.459. The van der Waals surface area contributed by atoms with Crippen molar-refractivity contribution in [2.24, 2.45) is 45.3 Å². The van der Waals surface area contributed by atoms with Crippen molar-refractivity contribution < 1.29 is 9.90 Å². The van der Waals surface area contributed by atoms with Crippen LogP contribution in [0.25, 0.3) is 0 Å². The molecule has 180 valence electrons. The highest BCUT2D eigenvalue weighted by Gasteiger charge is 2.69. The Bertz CT molecular complexity index is 821. The molecule has 8 atom stereocenters. The van der Waals surface area contributed by atoms with E-state index in [0.29, 0.717) is 29.5 Å². The van der Waals surface area contributed by atoms with Crippen LogP contribution < -0.4 is 0 Å². The van der Waals surface area contributed by atoms with Crippen molar-refractivity contribution in [3.63, 3.8) is 0 Å². The Morgan fingerprint density at radius 2 is 1.72 bits per heavy atom. The molecule has 0 radical (unpaired) electrons. The lowest BCUT2D eigenvalue weighted by atomic mass is 9.35. The maximum Gasteiger partial charge on any atom is 0.138 e. The maximum atomic E-state index is 12.8. The van der Waals surface area contributed by atoms with Gasteiger partial charge in [0.25, 0.3) is 0 Å². The molecule has 2 nitrogen and oxygen atoms in total. The number of hydrogen-bond acceptors (Lipinski definition) is 2. The molecule has 0 aliphatic heterocycles. The minimum Gasteiger partial charge on any atom is -0.392 e. The van der Waals surface area contributed by atoms with Gasteiger partial charge in [-0.3, -0.25) is 4.79 Å². The molecule has 0 aromatic carbocycles. The highest BCUT2D eigenvalue weighted by atomic mass is 16.3. The number of allylic oxidation sites excluding steroid dienone is 2. The molecule has 0 aromatic rings. The van der Waals surface area contributed by atoms with Gasteiger partial charge < -0.3 is 5.11 Å². The van der Waals surface area contributed by atoms with Crippen molar-refractivity contribution in [1.82, 2.24) is 0 Å². The number of fused-ring (bicyclic) bond motifs is 5. The van der Waals surface area contributed by atoms with Crippen LogP contribution in [0, 0.1) is 45.3 Å². The Morgan fingerprint density at radius 3 is 2.38 bits per heavy atom. The van der Waals surface area contributed by atoms with E-state index in [-0.39, 0.29) is 27.8 Å². The van der Waals surface area contributed by atoms with Crippen LogP contribution in [-0.2, 0) is 4.79 Å². The molecule has 32 heavy (non-hydrogen) atoms. The molecule has 4 aliphatic rings. The van der Waals surface area contributed by atoms with E-state index in [1.54, 1.807) is 0 Å². The van der Waals surface area contributed by atoms with Crippen LogP contribution in [0.15, 0.2) is 23.8 Å². The van der Waals surface area contributed by atoms with E-state index in [0.717, 1.165) is 32.1 Å². The zero-order chi connectivity index (χ0) is 23.7. The maximum absolute atomic E-state index is 12.8. The SMILES string of the molecule is C=C(C)CC/C=C(/C)[C@@H]1[C@H]2CC[C@@H]3[C@@]4(C)CCC(=O)C(C)(C)[C@H]4CC[C@@]3(C)[C@]2(C)C[C@@H]1O. The molecule has 0 amide bonds. The average molecular weight is 441 g/mol. The molecule has 0 heterocycles. The van der Waals surface area contributed by atoms with E-state index in [1.165, 1.54) is 36.8 Å². The Balaban J connectivity index is 1.66. The number of Topliss-reactive ketones (excluding diaryl/α,β-unsaturated/α-hetero) is 1. The minimum absolute atomic E-state index is 0.170. The zero-order valence-electron chi connectivity index (χ0n) is 21.9. The highest BCUT2D eigenvalue weighted by Crippen LogP contribution is 2.75. The van der Waals surface area contributed by atoms with Crippen molar-refractivity contribution in [2.75, 3.05) is 0 Å². The standard InChI is InChI=1S/C30H48O2/c1-19(2)10-9-11-20(3)26-21-12-13-24-28(6)16-15-25(32)27(4,5)23(28)14-17-29(24,7)30(21,8)18-22(26)31/h11,21-24,26,31H,1,9-10,12-18H2,2-8H3/b20-11-/t21-,22+,23-,24-,26-,28+,29-,30-/m1/s1. The van der Waals surface area contributed by atoms with Crippen molar-refractivity contribution in [2.45, 2.75) is 112 Å². The molecule has 1 N–H and O–H groups in total. The van der Waals surface area contributed by atoms with Crippen LogP contribution in [0.4, 0.5) is 0 Å². The fourth-order valence-electron chi connectivity index (χ4n) is 9.87. The lowest BCUT2D eigenvalue weighted by Crippen LogP contribution is -2.63. The van der Waals surface area contributed by atoms with Gasteiger partial charge in [-0.2, -0.15) is 0 Å². The highest BCUT2D eigenvalue weighted by molar-refractivity contribution is 5.85. The summed E-state index contributed by atoms with van der Waals surface area (Å²) in [4.78, 5) is 12.8. The predicted molar refractivity (Wildman–Crippen MR) is 133 cm³/mol. The first-order chi connectivity index (χ1) is 14.8. The number of ketones is 1. The first-order valence-electron chi connectivity index (χ1n) is 13.3. The van der Waals surface area contributed by atoms with Gasteiger partial charge in [-0.25, -0.2) is 0 Å². The van der Waals surface area contributed by atoms with Gasteiger partial charge in [-0.1, -0.05) is 51.8 Å². The first-order valence-corrected chi connectivity index (χ1v) is 13.3. The lowest BCUT2D eigenvalue weighted by Gasteiger charge is -2.68. The van der Waals surface area contributed by atoms with Gasteiger partial charge in [0, 0.05) is 17.8 Å². The topological polar surface area (TPSA) is 37.3 Å². The second kappa shape index (κ2) is 7.82. The Hall–Kier alpha value is -0.890. The van der Waals surface area contributed by atoms with Crippen LogP contribution >= 0.6 is 0 Å². The summed E-state index contributed by atoms with van der Waals surface area (Å²) in [5.74, 6) is 2.51. The van der Waals surface area contributed by atoms with Crippen LogP contribution in [0.2, 0.25) is 0 Å². The predicted octanol–water partition coefficient (Wildman–Crippen LogP) is 7.51. The van der Waals surface area contributed by atoms with Crippen molar-refractivity contribution in [3.05, 3.63) is 23.8 Å². The fraction of sp³-hybridized carbons (Fsp3) is 0.833. The Morgan fingerprint density at radius 1 is 1.03 bits per heavy atom. The summed E-state index contributed by atoms with van der Waals surface area (Å²) < 4.78 is 0. The first kappa shape index (κ1) is 24.2. The third-order valence-corrected chi connectivity index (χ3v) is 11.7. The average Bonchev–Trinajstić information content (AvgIpc) is 2.96. The Labute approximate surface area is 197 Å². The monoisotopic (exact) mass is 440 g/mol. The van der Waals surface area contributed by atoms with Gasteiger partial charge in [0.2, 0.25) is 0 Å². The van der Waals surface area contributed by atoms with Gasteiger partial charge in [0.15, 0.2) is 0 Å². The molecule has 0 saturated heterocycles. The normalized spacial score (nSPS) is 48.1. The van der Waals surface area contributed by atoms with Crippen molar-refractivity contribution in [1.29, 1.82) is 0 Å². The van der Waals surface area contributed by atoms with E-state index < -0.39 is 0 Å².